The van der Waals surface area contributed by atoms with E-state index in [1.54, 1.807) is 13.2 Å². The summed E-state index contributed by atoms with van der Waals surface area (Å²) in [5.74, 6) is 0.955. The summed E-state index contributed by atoms with van der Waals surface area (Å²) >= 11 is 0. The van der Waals surface area contributed by atoms with E-state index in [1.807, 2.05) is 0 Å². The minimum Gasteiger partial charge on any atom is -0.493 e. The monoisotopic (exact) mass is 266 g/mol. The van der Waals surface area contributed by atoms with Crippen LogP contribution in [0.25, 0.3) is 0 Å². The molecule has 0 N–H and O–H groups in total. The summed E-state index contributed by atoms with van der Waals surface area (Å²) in [4.78, 5) is 0. The summed E-state index contributed by atoms with van der Waals surface area (Å²) in [6, 6.07) is 3.16. The van der Waals surface area contributed by atoms with Gasteiger partial charge in [-0.25, -0.2) is 4.39 Å². The first-order valence-corrected chi connectivity index (χ1v) is 6.74. The number of hydrogen-bond donors (Lipinski definition) is 0. The van der Waals surface area contributed by atoms with Gasteiger partial charge in [0.2, 0.25) is 0 Å². The molecule has 0 aliphatic carbocycles. The molecule has 3 heteroatoms. The molecule has 0 fully saturated rings. The van der Waals surface area contributed by atoms with E-state index in [0.29, 0.717) is 17.1 Å². The standard InChI is InChI=1S/C16H23FO2/c1-5-7-8-9-12(6-2)13-10-15(18-3)16(19-4)11-14(13)17/h7-8,10-12H,5-6,9H2,1-4H3/b8-7-. The van der Waals surface area contributed by atoms with Gasteiger partial charge in [-0.2, -0.15) is 0 Å². The average Bonchev–Trinajstić information content (AvgIpc) is 2.44. The van der Waals surface area contributed by atoms with Crippen molar-refractivity contribution in [2.45, 2.75) is 39.0 Å². The zero-order valence-corrected chi connectivity index (χ0v) is 12.2. The van der Waals surface area contributed by atoms with Gasteiger partial charge in [0.15, 0.2) is 11.5 Å². The molecule has 1 rings (SSSR count). The Labute approximate surface area is 115 Å². The minimum absolute atomic E-state index is 0.169. The molecule has 1 aromatic rings. The van der Waals surface area contributed by atoms with E-state index in [2.05, 4.69) is 26.0 Å². The molecule has 0 saturated heterocycles. The Morgan fingerprint density at radius 2 is 1.74 bits per heavy atom. The molecule has 0 radical (unpaired) electrons. The van der Waals surface area contributed by atoms with Crippen LogP contribution in [0.15, 0.2) is 24.3 Å². The van der Waals surface area contributed by atoms with Crippen molar-refractivity contribution in [2.24, 2.45) is 0 Å². The summed E-state index contributed by atoms with van der Waals surface area (Å²) in [6.45, 7) is 4.16. The molecule has 1 atom stereocenters. The van der Waals surface area contributed by atoms with E-state index in [-0.39, 0.29) is 11.7 Å². The molecule has 1 unspecified atom stereocenters. The zero-order chi connectivity index (χ0) is 14.3. The molecular formula is C16H23FO2. The molecule has 0 heterocycles. The van der Waals surface area contributed by atoms with Crippen molar-refractivity contribution in [3.8, 4) is 11.5 Å². The molecule has 0 spiro atoms. The lowest BCUT2D eigenvalue weighted by Gasteiger charge is -2.17. The first-order chi connectivity index (χ1) is 9.17. The van der Waals surface area contributed by atoms with Gasteiger partial charge in [-0.15, -0.1) is 0 Å². The number of allylic oxidation sites excluding steroid dienone is 2. The number of hydrogen-bond acceptors (Lipinski definition) is 2. The van der Waals surface area contributed by atoms with Crippen LogP contribution in [-0.2, 0) is 0 Å². The average molecular weight is 266 g/mol. The van der Waals surface area contributed by atoms with Gasteiger partial charge in [0.05, 0.1) is 14.2 Å². The summed E-state index contributed by atoms with van der Waals surface area (Å²) in [5, 5.41) is 0. The van der Waals surface area contributed by atoms with E-state index in [1.165, 1.54) is 13.2 Å². The summed E-state index contributed by atoms with van der Waals surface area (Å²) in [7, 11) is 3.08. The van der Waals surface area contributed by atoms with Gasteiger partial charge in [-0.3, -0.25) is 0 Å². The molecule has 106 valence electrons. The highest BCUT2D eigenvalue weighted by atomic mass is 19.1. The van der Waals surface area contributed by atoms with Gasteiger partial charge in [0.1, 0.15) is 5.82 Å². The van der Waals surface area contributed by atoms with Crippen molar-refractivity contribution < 1.29 is 13.9 Å². The van der Waals surface area contributed by atoms with Gasteiger partial charge in [0.25, 0.3) is 0 Å². The van der Waals surface area contributed by atoms with Crippen molar-refractivity contribution >= 4 is 0 Å². The minimum atomic E-state index is -0.227. The predicted octanol–water partition coefficient (Wildman–Crippen LogP) is 4.69. The van der Waals surface area contributed by atoms with Crippen LogP contribution in [0.3, 0.4) is 0 Å². The van der Waals surface area contributed by atoms with E-state index >= 15 is 0 Å². The molecule has 0 aliphatic heterocycles. The number of halogens is 1. The van der Waals surface area contributed by atoms with Crippen molar-refractivity contribution in [1.29, 1.82) is 0 Å². The maximum absolute atomic E-state index is 14.1. The highest BCUT2D eigenvalue weighted by Gasteiger charge is 2.17. The van der Waals surface area contributed by atoms with Crippen molar-refractivity contribution in [3.05, 3.63) is 35.7 Å². The van der Waals surface area contributed by atoms with Crippen LogP contribution in [0, 0.1) is 5.82 Å². The van der Waals surface area contributed by atoms with Crippen LogP contribution in [0.1, 0.15) is 44.6 Å². The smallest absolute Gasteiger partial charge is 0.163 e. The summed E-state index contributed by atoms with van der Waals surface area (Å²) in [6.07, 6.45) is 6.97. The Bertz CT molecular complexity index is 427. The largest absolute Gasteiger partial charge is 0.493 e. The van der Waals surface area contributed by atoms with Crippen LogP contribution >= 0.6 is 0 Å². The lowest BCUT2D eigenvalue weighted by molar-refractivity contribution is 0.350. The van der Waals surface area contributed by atoms with E-state index in [0.717, 1.165) is 19.3 Å². The second-order valence-electron chi connectivity index (χ2n) is 4.45. The first-order valence-electron chi connectivity index (χ1n) is 6.74. The summed E-state index contributed by atoms with van der Waals surface area (Å²) < 4.78 is 24.5. The Balaban J connectivity index is 3.05. The second kappa shape index (κ2) is 7.82. The maximum atomic E-state index is 14.1. The lowest BCUT2D eigenvalue weighted by Crippen LogP contribution is -2.02. The maximum Gasteiger partial charge on any atom is 0.163 e. The fourth-order valence-corrected chi connectivity index (χ4v) is 2.12. The molecule has 0 aromatic heterocycles. The van der Waals surface area contributed by atoms with Gasteiger partial charge < -0.3 is 9.47 Å². The van der Waals surface area contributed by atoms with E-state index in [9.17, 15) is 4.39 Å². The quantitative estimate of drug-likeness (QED) is 0.666. The normalized spacial score (nSPS) is 12.7. The third kappa shape index (κ3) is 3.98. The van der Waals surface area contributed by atoms with Crippen LogP contribution in [0.5, 0.6) is 11.5 Å². The van der Waals surface area contributed by atoms with Gasteiger partial charge >= 0.3 is 0 Å². The predicted molar refractivity (Wildman–Crippen MR) is 76.6 cm³/mol. The first kappa shape index (κ1) is 15.5. The van der Waals surface area contributed by atoms with Crippen LogP contribution in [-0.4, -0.2) is 14.2 Å². The lowest BCUT2D eigenvalue weighted by atomic mass is 9.92. The topological polar surface area (TPSA) is 18.5 Å². The van der Waals surface area contributed by atoms with Gasteiger partial charge in [-0.05, 0) is 36.8 Å². The second-order valence-corrected chi connectivity index (χ2v) is 4.45. The van der Waals surface area contributed by atoms with E-state index < -0.39 is 0 Å². The van der Waals surface area contributed by atoms with E-state index in [4.69, 9.17) is 9.47 Å². The fourth-order valence-electron chi connectivity index (χ4n) is 2.12. The van der Waals surface area contributed by atoms with Crippen LogP contribution < -0.4 is 9.47 Å². The van der Waals surface area contributed by atoms with Crippen molar-refractivity contribution in [3.63, 3.8) is 0 Å². The summed E-state index contributed by atoms with van der Waals surface area (Å²) in [5.41, 5.74) is 0.695. The molecule has 1 aromatic carbocycles. The molecular weight excluding hydrogens is 243 g/mol. The number of rotatable bonds is 7. The zero-order valence-electron chi connectivity index (χ0n) is 12.2. The third-order valence-electron chi connectivity index (χ3n) is 3.26. The number of ether oxygens (including phenoxy) is 2. The van der Waals surface area contributed by atoms with Crippen molar-refractivity contribution in [2.75, 3.05) is 14.2 Å². The Kier molecular flexibility index (Phi) is 6.40. The SMILES string of the molecule is CC/C=C\CC(CC)c1cc(OC)c(OC)cc1F. The fraction of sp³-hybridized carbons (Fsp3) is 0.500. The van der Waals surface area contributed by atoms with Crippen LogP contribution in [0.2, 0.25) is 0 Å². The Hall–Kier alpha value is -1.51. The van der Waals surface area contributed by atoms with Gasteiger partial charge in [-0.1, -0.05) is 26.0 Å². The molecule has 19 heavy (non-hydrogen) atoms. The van der Waals surface area contributed by atoms with Crippen LogP contribution in [0.4, 0.5) is 4.39 Å². The number of benzene rings is 1. The molecule has 0 aliphatic rings. The van der Waals surface area contributed by atoms with Gasteiger partial charge in [0, 0.05) is 6.07 Å². The molecule has 0 saturated carbocycles. The number of methoxy groups -OCH3 is 2. The van der Waals surface area contributed by atoms with Crippen molar-refractivity contribution in [1.82, 2.24) is 0 Å². The molecule has 0 amide bonds. The molecule has 2 nitrogen and oxygen atoms in total. The third-order valence-corrected chi connectivity index (χ3v) is 3.26. The highest BCUT2D eigenvalue weighted by molar-refractivity contribution is 5.45. The molecule has 0 bridgehead atoms. The Morgan fingerprint density at radius 3 is 2.26 bits per heavy atom. The Morgan fingerprint density at radius 1 is 1.11 bits per heavy atom. The highest BCUT2D eigenvalue weighted by Crippen LogP contribution is 2.35.